The van der Waals surface area contributed by atoms with E-state index in [1.807, 2.05) is 28.8 Å². The first-order valence-corrected chi connectivity index (χ1v) is 8.76. The minimum atomic E-state index is -0.401. The van der Waals surface area contributed by atoms with Crippen LogP contribution in [0, 0.1) is 0 Å². The SMILES string of the molecule is COC(=O)c1ccnc(-c2ncc(Br)n2CCc2ccc(Cl)cc2)c1. The van der Waals surface area contributed by atoms with Crippen LogP contribution >= 0.6 is 27.5 Å². The number of methoxy groups -OCH3 is 1. The van der Waals surface area contributed by atoms with Gasteiger partial charge in [0.1, 0.15) is 10.3 Å². The lowest BCUT2D eigenvalue weighted by molar-refractivity contribution is 0.0600. The van der Waals surface area contributed by atoms with Gasteiger partial charge in [0.2, 0.25) is 0 Å². The zero-order chi connectivity index (χ0) is 17.8. The number of benzene rings is 1. The number of pyridine rings is 1. The molecule has 128 valence electrons. The summed E-state index contributed by atoms with van der Waals surface area (Å²) in [5, 5.41) is 0.720. The Morgan fingerprint density at radius 1 is 1.24 bits per heavy atom. The lowest BCUT2D eigenvalue weighted by Gasteiger charge is -2.10. The molecule has 0 fully saturated rings. The first kappa shape index (κ1) is 17.6. The lowest BCUT2D eigenvalue weighted by Crippen LogP contribution is -2.06. The first-order chi connectivity index (χ1) is 12.1. The topological polar surface area (TPSA) is 57.0 Å². The van der Waals surface area contributed by atoms with E-state index in [9.17, 15) is 4.79 Å². The van der Waals surface area contributed by atoms with E-state index in [0.29, 0.717) is 23.6 Å². The number of ether oxygens (including phenoxy) is 1. The highest BCUT2D eigenvalue weighted by Gasteiger charge is 2.14. The second kappa shape index (κ2) is 7.80. The molecule has 5 nitrogen and oxygen atoms in total. The summed E-state index contributed by atoms with van der Waals surface area (Å²) in [5.41, 5.74) is 2.23. The number of carbonyl (C=O) groups excluding carboxylic acids is 1. The number of hydrogen-bond acceptors (Lipinski definition) is 4. The second-order valence-corrected chi connectivity index (χ2v) is 6.60. The van der Waals surface area contributed by atoms with E-state index >= 15 is 0 Å². The molecule has 0 spiro atoms. The zero-order valence-corrected chi connectivity index (χ0v) is 15.8. The van der Waals surface area contributed by atoms with Gasteiger partial charge in [-0.3, -0.25) is 4.98 Å². The van der Waals surface area contributed by atoms with Gasteiger partial charge < -0.3 is 9.30 Å². The normalized spacial score (nSPS) is 10.7. The van der Waals surface area contributed by atoms with Gasteiger partial charge in [-0.25, -0.2) is 9.78 Å². The van der Waals surface area contributed by atoms with E-state index in [0.717, 1.165) is 16.0 Å². The molecule has 0 saturated heterocycles. The highest BCUT2D eigenvalue weighted by Crippen LogP contribution is 2.23. The molecule has 0 radical (unpaired) electrons. The molecule has 3 rings (SSSR count). The van der Waals surface area contributed by atoms with Crippen LogP contribution in [0.25, 0.3) is 11.5 Å². The Labute approximate surface area is 158 Å². The zero-order valence-electron chi connectivity index (χ0n) is 13.4. The molecule has 3 aromatic rings. The number of rotatable bonds is 5. The number of carbonyl (C=O) groups is 1. The fourth-order valence-corrected chi connectivity index (χ4v) is 3.04. The van der Waals surface area contributed by atoms with Gasteiger partial charge in [0, 0.05) is 17.8 Å². The third kappa shape index (κ3) is 4.08. The van der Waals surface area contributed by atoms with Gasteiger partial charge in [0.25, 0.3) is 0 Å². The maximum atomic E-state index is 11.7. The summed E-state index contributed by atoms with van der Waals surface area (Å²) < 4.78 is 7.62. The average molecular weight is 421 g/mol. The molecule has 0 atom stereocenters. The second-order valence-electron chi connectivity index (χ2n) is 5.35. The largest absolute Gasteiger partial charge is 0.465 e. The molecule has 7 heteroatoms. The van der Waals surface area contributed by atoms with E-state index in [1.54, 1.807) is 24.5 Å². The molecule has 0 saturated carbocycles. The number of aromatic nitrogens is 3. The molecule has 1 aromatic carbocycles. The number of esters is 1. The molecular weight excluding hydrogens is 406 g/mol. The maximum absolute atomic E-state index is 11.7. The fourth-order valence-electron chi connectivity index (χ4n) is 2.46. The first-order valence-electron chi connectivity index (χ1n) is 7.58. The third-order valence-electron chi connectivity index (χ3n) is 3.75. The van der Waals surface area contributed by atoms with E-state index in [1.165, 1.54) is 12.7 Å². The number of hydrogen-bond donors (Lipinski definition) is 0. The van der Waals surface area contributed by atoms with Crippen molar-refractivity contribution < 1.29 is 9.53 Å². The van der Waals surface area contributed by atoms with Crippen LogP contribution in [0.4, 0.5) is 0 Å². The van der Waals surface area contributed by atoms with Gasteiger partial charge in [-0.05, 0) is 52.2 Å². The predicted octanol–water partition coefficient (Wildman–Crippen LogP) is 4.39. The Morgan fingerprint density at radius 2 is 2.00 bits per heavy atom. The third-order valence-corrected chi connectivity index (χ3v) is 4.64. The average Bonchev–Trinajstić information content (AvgIpc) is 3.01. The Balaban J connectivity index is 1.86. The summed E-state index contributed by atoms with van der Waals surface area (Å²) in [5.74, 6) is 0.286. The Kier molecular flexibility index (Phi) is 5.50. The highest BCUT2D eigenvalue weighted by atomic mass is 79.9. The quantitative estimate of drug-likeness (QED) is 0.574. The van der Waals surface area contributed by atoms with Crippen LogP contribution in [-0.4, -0.2) is 27.6 Å². The monoisotopic (exact) mass is 419 g/mol. The van der Waals surface area contributed by atoms with E-state index in [-0.39, 0.29) is 0 Å². The molecule has 0 unspecified atom stereocenters. The molecule has 0 aliphatic rings. The van der Waals surface area contributed by atoms with Gasteiger partial charge >= 0.3 is 5.97 Å². The highest BCUT2D eigenvalue weighted by molar-refractivity contribution is 9.10. The standard InChI is InChI=1S/C18H15BrClN3O2/c1-25-18(24)13-6-8-21-15(10-13)17-22-11-16(19)23(17)9-7-12-2-4-14(20)5-3-12/h2-6,8,10-11H,7,9H2,1H3. The number of imidazole rings is 1. The fraction of sp³-hybridized carbons (Fsp3) is 0.167. The van der Waals surface area contributed by atoms with Crippen molar-refractivity contribution in [3.05, 3.63) is 69.5 Å². The van der Waals surface area contributed by atoms with E-state index < -0.39 is 5.97 Å². The van der Waals surface area contributed by atoms with Crippen molar-refractivity contribution in [2.75, 3.05) is 7.11 Å². The summed E-state index contributed by atoms with van der Waals surface area (Å²) in [6.07, 6.45) is 4.12. The molecule has 2 aromatic heterocycles. The van der Waals surface area contributed by atoms with E-state index in [4.69, 9.17) is 16.3 Å². The molecule has 0 bridgehead atoms. The van der Waals surface area contributed by atoms with E-state index in [2.05, 4.69) is 25.9 Å². The smallest absolute Gasteiger partial charge is 0.337 e. The molecular formula is C18H15BrClN3O2. The van der Waals surface area contributed by atoms with Crippen molar-refractivity contribution >= 4 is 33.5 Å². The van der Waals surface area contributed by atoms with Crippen LogP contribution < -0.4 is 0 Å². The minimum Gasteiger partial charge on any atom is -0.465 e. The molecule has 25 heavy (non-hydrogen) atoms. The van der Waals surface area contributed by atoms with Gasteiger partial charge in [-0.1, -0.05) is 23.7 Å². The van der Waals surface area contributed by atoms with Crippen molar-refractivity contribution in [2.24, 2.45) is 0 Å². The van der Waals surface area contributed by atoms with Crippen molar-refractivity contribution in [1.82, 2.24) is 14.5 Å². The van der Waals surface area contributed by atoms with Crippen molar-refractivity contribution in [3.63, 3.8) is 0 Å². The number of halogens is 2. The van der Waals surface area contributed by atoms with Gasteiger partial charge in [-0.15, -0.1) is 0 Å². The molecule has 0 amide bonds. The van der Waals surface area contributed by atoms with Crippen LogP contribution in [0.15, 0.2) is 53.4 Å². The molecule has 2 heterocycles. The summed E-state index contributed by atoms with van der Waals surface area (Å²) in [4.78, 5) is 20.5. The van der Waals surface area contributed by atoms with Crippen molar-refractivity contribution in [3.8, 4) is 11.5 Å². The summed E-state index contributed by atoms with van der Waals surface area (Å²) in [6, 6.07) is 11.1. The maximum Gasteiger partial charge on any atom is 0.337 e. The number of nitrogens with zero attached hydrogens (tertiary/aromatic N) is 3. The lowest BCUT2D eigenvalue weighted by atomic mass is 10.1. The van der Waals surface area contributed by atoms with Crippen LogP contribution in [0.3, 0.4) is 0 Å². The van der Waals surface area contributed by atoms with Crippen LogP contribution in [-0.2, 0) is 17.7 Å². The Bertz CT molecular complexity index is 894. The molecule has 0 aliphatic heterocycles. The van der Waals surface area contributed by atoms with Crippen molar-refractivity contribution in [2.45, 2.75) is 13.0 Å². The van der Waals surface area contributed by atoms with Crippen molar-refractivity contribution in [1.29, 1.82) is 0 Å². The predicted molar refractivity (Wildman–Crippen MR) is 99.7 cm³/mol. The van der Waals surface area contributed by atoms with Gasteiger partial charge in [0.15, 0.2) is 5.82 Å². The van der Waals surface area contributed by atoms with Crippen LogP contribution in [0.5, 0.6) is 0 Å². The van der Waals surface area contributed by atoms with Crippen LogP contribution in [0.2, 0.25) is 5.02 Å². The summed E-state index contributed by atoms with van der Waals surface area (Å²) in [6.45, 7) is 0.710. The molecule has 0 aliphatic carbocycles. The van der Waals surface area contributed by atoms with Gasteiger partial charge in [-0.2, -0.15) is 0 Å². The minimum absolute atomic E-state index is 0.401. The summed E-state index contributed by atoms with van der Waals surface area (Å²) >= 11 is 9.45. The number of aryl methyl sites for hydroxylation is 1. The molecule has 0 N–H and O–H groups in total. The Hall–Kier alpha value is -2.18. The van der Waals surface area contributed by atoms with Gasteiger partial charge in [0.05, 0.1) is 18.9 Å². The summed E-state index contributed by atoms with van der Waals surface area (Å²) in [7, 11) is 1.35. The van der Waals surface area contributed by atoms with Crippen LogP contribution in [0.1, 0.15) is 15.9 Å². The Morgan fingerprint density at radius 3 is 2.72 bits per heavy atom.